The van der Waals surface area contributed by atoms with Crippen LogP contribution in [0, 0.1) is 0 Å². The lowest BCUT2D eigenvalue weighted by Gasteiger charge is -2.15. The number of rotatable bonds is 3. The van der Waals surface area contributed by atoms with E-state index < -0.39 is 0 Å². The fourth-order valence-corrected chi connectivity index (χ4v) is 2.24. The van der Waals surface area contributed by atoms with Gasteiger partial charge in [0.15, 0.2) is 0 Å². The van der Waals surface area contributed by atoms with Crippen LogP contribution in [-0.4, -0.2) is 36.3 Å². The maximum atomic E-state index is 9.32. The third-order valence-electron chi connectivity index (χ3n) is 2.98. The van der Waals surface area contributed by atoms with Crippen LogP contribution in [0.5, 0.6) is 5.75 Å². The number of likely N-dealkylation sites (tertiary alicyclic amines) is 1. The summed E-state index contributed by atoms with van der Waals surface area (Å²) >= 11 is 5.86. The minimum absolute atomic E-state index is 0.140. The molecule has 3 nitrogen and oxygen atoms in total. The molecule has 0 bridgehead atoms. The molecular formula is C12H16ClNO2. The lowest BCUT2D eigenvalue weighted by Crippen LogP contribution is -2.22. The summed E-state index contributed by atoms with van der Waals surface area (Å²) in [4.78, 5) is 2.33. The van der Waals surface area contributed by atoms with E-state index in [9.17, 15) is 5.11 Å². The number of hydrogen-bond donors (Lipinski definition) is 1. The smallest absolute Gasteiger partial charge is 0.134 e. The van der Waals surface area contributed by atoms with Gasteiger partial charge in [0.1, 0.15) is 5.75 Å². The van der Waals surface area contributed by atoms with Gasteiger partial charge in [0.25, 0.3) is 0 Å². The monoisotopic (exact) mass is 241 g/mol. The van der Waals surface area contributed by atoms with Crippen LogP contribution in [0.4, 0.5) is 0 Å². The standard InChI is InChI=1S/C12H16ClNO2/c1-16-10-4-5-14(8-10)7-9-2-3-12(15)11(13)6-9/h2-3,6,10,15H,4-5,7-8H2,1H3. The van der Waals surface area contributed by atoms with Crippen LogP contribution >= 0.6 is 11.6 Å². The fourth-order valence-electron chi connectivity index (χ4n) is 2.04. The summed E-state index contributed by atoms with van der Waals surface area (Å²) in [6.45, 7) is 2.88. The molecular weight excluding hydrogens is 226 g/mol. The van der Waals surface area contributed by atoms with Gasteiger partial charge < -0.3 is 9.84 Å². The van der Waals surface area contributed by atoms with Crippen LogP contribution in [0.1, 0.15) is 12.0 Å². The summed E-state index contributed by atoms with van der Waals surface area (Å²) in [5.74, 6) is 0.140. The van der Waals surface area contributed by atoms with E-state index in [0.29, 0.717) is 11.1 Å². The van der Waals surface area contributed by atoms with E-state index in [-0.39, 0.29) is 5.75 Å². The Morgan fingerprint density at radius 2 is 2.38 bits per heavy atom. The van der Waals surface area contributed by atoms with Gasteiger partial charge in [-0.25, -0.2) is 0 Å². The molecule has 0 amide bonds. The summed E-state index contributed by atoms with van der Waals surface area (Å²) in [7, 11) is 1.76. The van der Waals surface area contributed by atoms with E-state index >= 15 is 0 Å². The van der Waals surface area contributed by atoms with E-state index in [2.05, 4.69) is 4.90 Å². The summed E-state index contributed by atoms with van der Waals surface area (Å²) < 4.78 is 5.31. The van der Waals surface area contributed by atoms with Gasteiger partial charge in [-0.3, -0.25) is 4.90 Å². The van der Waals surface area contributed by atoms with Crippen molar-refractivity contribution in [3.05, 3.63) is 28.8 Å². The van der Waals surface area contributed by atoms with Gasteiger partial charge in [-0.2, -0.15) is 0 Å². The molecule has 1 fully saturated rings. The molecule has 1 aromatic carbocycles. The third kappa shape index (κ3) is 2.67. The summed E-state index contributed by atoms with van der Waals surface area (Å²) in [5.41, 5.74) is 1.12. The predicted molar refractivity (Wildman–Crippen MR) is 63.8 cm³/mol. The molecule has 4 heteroatoms. The van der Waals surface area contributed by atoms with Crippen molar-refractivity contribution in [1.82, 2.24) is 4.90 Å². The Labute approximate surface area is 101 Å². The van der Waals surface area contributed by atoms with Crippen molar-refractivity contribution in [2.24, 2.45) is 0 Å². The molecule has 1 N–H and O–H groups in total. The molecule has 1 heterocycles. The van der Waals surface area contributed by atoms with Crippen molar-refractivity contribution in [3.8, 4) is 5.75 Å². The van der Waals surface area contributed by atoms with E-state index in [4.69, 9.17) is 16.3 Å². The highest BCUT2D eigenvalue weighted by molar-refractivity contribution is 6.32. The number of phenolic OH excluding ortho intramolecular Hbond substituents is 1. The Hall–Kier alpha value is -0.770. The lowest BCUT2D eigenvalue weighted by molar-refractivity contribution is 0.107. The number of phenols is 1. The molecule has 88 valence electrons. The largest absolute Gasteiger partial charge is 0.506 e. The third-order valence-corrected chi connectivity index (χ3v) is 3.28. The van der Waals surface area contributed by atoms with Crippen LogP contribution in [0.25, 0.3) is 0 Å². The molecule has 1 unspecified atom stereocenters. The second-order valence-corrected chi connectivity index (χ2v) is 4.57. The Bertz CT molecular complexity index is 370. The maximum Gasteiger partial charge on any atom is 0.134 e. The Morgan fingerprint density at radius 3 is 3.00 bits per heavy atom. The average Bonchev–Trinajstić information content (AvgIpc) is 2.71. The van der Waals surface area contributed by atoms with Crippen LogP contribution in [0.3, 0.4) is 0 Å². The van der Waals surface area contributed by atoms with Crippen molar-refractivity contribution in [3.63, 3.8) is 0 Å². The second kappa shape index (κ2) is 5.04. The highest BCUT2D eigenvalue weighted by atomic mass is 35.5. The zero-order chi connectivity index (χ0) is 11.5. The van der Waals surface area contributed by atoms with E-state index in [1.54, 1.807) is 13.2 Å². The van der Waals surface area contributed by atoms with E-state index in [0.717, 1.165) is 31.6 Å². The Morgan fingerprint density at radius 1 is 1.56 bits per heavy atom. The summed E-state index contributed by atoms with van der Waals surface area (Å²) in [6.07, 6.45) is 1.44. The zero-order valence-corrected chi connectivity index (χ0v) is 10.1. The number of benzene rings is 1. The minimum atomic E-state index is 0.140. The predicted octanol–water partition coefficient (Wildman–Crippen LogP) is 2.27. The van der Waals surface area contributed by atoms with Crippen molar-refractivity contribution >= 4 is 11.6 Å². The van der Waals surface area contributed by atoms with Crippen molar-refractivity contribution in [2.45, 2.75) is 19.1 Å². The molecule has 1 aliphatic heterocycles. The topological polar surface area (TPSA) is 32.7 Å². The van der Waals surface area contributed by atoms with Gasteiger partial charge >= 0.3 is 0 Å². The fraction of sp³-hybridized carbons (Fsp3) is 0.500. The van der Waals surface area contributed by atoms with Gasteiger partial charge in [-0.1, -0.05) is 17.7 Å². The highest BCUT2D eigenvalue weighted by Gasteiger charge is 2.21. The van der Waals surface area contributed by atoms with Gasteiger partial charge in [0.2, 0.25) is 0 Å². The first-order chi connectivity index (χ1) is 7.69. The molecule has 0 aromatic heterocycles. The minimum Gasteiger partial charge on any atom is -0.506 e. The number of methoxy groups -OCH3 is 1. The summed E-state index contributed by atoms with van der Waals surface area (Å²) in [5, 5.41) is 9.74. The first-order valence-electron chi connectivity index (χ1n) is 5.41. The number of aromatic hydroxyl groups is 1. The van der Waals surface area contributed by atoms with Gasteiger partial charge in [-0.15, -0.1) is 0 Å². The Balaban J connectivity index is 1.97. The van der Waals surface area contributed by atoms with Crippen LogP contribution in [0.15, 0.2) is 18.2 Å². The summed E-state index contributed by atoms with van der Waals surface area (Å²) in [6, 6.07) is 5.36. The van der Waals surface area contributed by atoms with Crippen LogP contribution in [0.2, 0.25) is 5.02 Å². The number of ether oxygens (including phenoxy) is 1. The van der Waals surface area contributed by atoms with Crippen LogP contribution < -0.4 is 0 Å². The molecule has 1 saturated heterocycles. The van der Waals surface area contributed by atoms with Gasteiger partial charge in [0.05, 0.1) is 11.1 Å². The lowest BCUT2D eigenvalue weighted by atomic mass is 10.2. The second-order valence-electron chi connectivity index (χ2n) is 4.17. The quantitative estimate of drug-likeness (QED) is 0.881. The molecule has 1 atom stereocenters. The van der Waals surface area contributed by atoms with Gasteiger partial charge in [0, 0.05) is 26.7 Å². The van der Waals surface area contributed by atoms with Crippen molar-refractivity contribution in [1.29, 1.82) is 0 Å². The number of nitrogens with zero attached hydrogens (tertiary/aromatic N) is 1. The average molecular weight is 242 g/mol. The molecule has 16 heavy (non-hydrogen) atoms. The zero-order valence-electron chi connectivity index (χ0n) is 9.32. The van der Waals surface area contributed by atoms with E-state index in [1.165, 1.54) is 0 Å². The first kappa shape index (κ1) is 11.7. The molecule has 0 radical (unpaired) electrons. The molecule has 0 aliphatic carbocycles. The molecule has 1 aliphatic rings. The molecule has 1 aromatic rings. The number of hydrogen-bond acceptors (Lipinski definition) is 3. The maximum absolute atomic E-state index is 9.32. The molecule has 0 spiro atoms. The first-order valence-corrected chi connectivity index (χ1v) is 5.79. The normalized spacial score (nSPS) is 21.5. The van der Waals surface area contributed by atoms with E-state index in [1.807, 2.05) is 12.1 Å². The Kier molecular flexibility index (Phi) is 3.69. The molecule has 2 rings (SSSR count). The molecule has 0 saturated carbocycles. The van der Waals surface area contributed by atoms with Gasteiger partial charge in [-0.05, 0) is 24.1 Å². The highest BCUT2D eigenvalue weighted by Crippen LogP contribution is 2.25. The van der Waals surface area contributed by atoms with Crippen molar-refractivity contribution in [2.75, 3.05) is 20.2 Å². The van der Waals surface area contributed by atoms with Crippen LogP contribution in [-0.2, 0) is 11.3 Å². The SMILES string of the molecule is COC1CCN(Cc2ccc(O)c(Cl)c2)C1. The number of halogens is 1. The van der Waals surface area contributed by atoms with Crippen molar-refractivity contribution < 1.29 is 9.84 Å².